The summed E-state index contributed by atoms with van der Waals surface area (Å²) in [7, 11) is 0. The van der Waals surface area contributed by atoms with Crippen LogP contribution >= 0.6 is 0 Å². The first kappa shape index (κ1) is 41.6. The molecule has 0 radical (unpaired) electrons. The Morgan fingerprint density at radius 3 is 1.26 bits per heavy atom. The van der Waals surface area contributed by atoms with Crippen molar-refractivity contribution in [3.63, 3.8) is 0 Å². The predicted octanol–water partition coefficient (Wildman–Crippen LogP) is 16.9. The number of pyridine rings is 2. The highest BCUT2D eigenvalue weighted by Gasteiger charge is 2.48. The summed E-state index contributed by atoms with van der Waals surface area (Å²) in [5.41, 5.74) is 19.4. The summed E-state index contributed by atoms with van der Waals surface area (Å²) in [6, 6.07) is 88.3. The number of benzene rings is 9. The molecule has 12 rings (SSSR count). The van der Waals surface area contributed by atoms with Gasteiger partial charge in [-0.15, -0.1) is 0 Å². The van der Waals surface area contributed by atoms with Crippen molar-refractivity contribution in [3.05, 3.63) is 289 Å². The molecule has 0 saturated heterocycles. The van der Waals surface area contributed by atoms with E-state index in [0.717, 1.165) is 50.9 Å². The highest BCUT2D eigenvalue weighted by atomic mass is 15.2. The quantitative estimate of drug-likeness (QED) is 0.137. The van der Waals surface area contributed by atoms with Gasteiger partial charge in [-0.1, -0.05) is 176 Å². The van der Waals surface area contributed by atoms with Crippen molar-refractivity contribution in [1.29, 1.82) is 0 Å². The van der Waals surface area contributed by atoms with Crippen molar-refractivity contribution in [2.45, 2.75) is 19.3 Å². The van der Waals surface area contributed by atoms with Crippen LogP contribution in [0.5, 0.6) is 0 Å². The van der Waals surface area contributed by atoms with E-state index in [1.807, 2.05) is 26.2 Å². The molecule has 0 atom stereocenters. The van der Waals surface area contributed by atoms with Gasteiger partial charge in [0.15, 0.2) is 0 Å². The number of aryl methyl sites for hydroxylation is 2. The van der Waals surface area contributed by atoms with E-state index in [1.165, 1.54) is 61.0 Å². The van der Waals surface area contributed by atoms with Crippen molar-refractivity contribution < 1.29 is 0 Å². The molecule has 11 aromatic rings. The number of hydrogen-bond acceptors (Lipinski definition) is 4. The fraction of sp³-hybridized carbons (Fsp3) is 0.0462. The van der Waals surface area contributed by atoms with Gasteiger partial charge >= 0.3 is 0 Å². The number of anilines is 6. The Balaban J connectivity index is 1.13. The number of nitrogens with zero attached hydrogens (tertiary/aromatic N) is 4. The minimum Gasteiger partial charge on any atom is -0.309 e. The molecule has 0 saturated carbocycles. The maximum Gasteiger partial charge on any atom is 0.0715 e. The van der Waals surface area contributed by atoms with Gasteiger partial charge in [0.1, 0.15) is 0 Å². The van der Waals surface area contributed by atoms with Gasteiger partial charge in [-0.25, -0.2) is 0 Å². The third-order valence-corrected chi connectivity index (χ3v) is 13.8. The van der Waals surface area contributed by atoms with Crippen LogP contribution in [0, 0.1) is 13.8 Å². The normalized spacial score (nSPS) is 12.3. The Kier molecular flexibility index (Phi) is 10.5. The molecular weight excluding hydrogens is 837 g/mol. The largest absolute Gasteiger partial charge is 0.309 e. The van der Waals surface area contributed by atoms with Crippen LogP contribution in [0.2, 0.25) is 0 Å². The Bertz CT molecular complexity index is 3540. The zero-order valence-electron chi connectivity index (χ0n) is 38.5. The second-order valence-corrected chi connectivity index (χ2v) is 17.9. The summed E-state index contributed by atoms with van der Waals surface area (Å²) in [6.45, 7) is 4.08. The molecular formula is C65H48N4. The highest BCUT2D eigenvalue weighted by molar-refractivity contribution is 6.11. The van der Waals surface area contributed by atoms with Gasteiger partial charge in [0.05, 0.1) is 34.9 Å². The summed E-state index contributed by atoms with van der Waals surface area (Å²) in [6.07, 6.45) is 4.00. The second kappa shape index (κ2) is 17.4. The molecule has 4 heteroatoms. The van der Waals surface area contributed by atoms with Crippen molar-refractivity contribution >= 4 is 44.9 Å². The van der Waals surface area contributed by atoms with Crippen molar-refractivity contribution in [3.8, 4) is 33.4 Å². The summed E-state index contributed by atoms with van der Waals surface area (Å²) in [5.74, 6) is 0. The maximum absolute atomic E-state index is 4.88. The summed E-state index contributed by atoms with van der Waals surface area (Å²) in [4.78, 5) is 14.4. The highest BCUT2D eigenvalue weighted by Crippen LogP contribution is 2.60. The van der Waals surface area contributed by atoms with Gasteiger partial charge < -0.3 is 9.80 Å². The first-order chi connectivity index (χ1) is 34.0. The maximum atomic E-state index is 4.88. The van der Waals surface area contributed by atoms with Crippen LogP contribution in [0.3, 0.4) is 0 Å². The minimum absolute atomic E-state index is 0.718. The molecule has 0 unspecified atom stereocenters. The second-order valence-electron chi connectivity index (χ2n) is 17.9. The SMILES string of the molecule is Cc1ccc(N(c2ccc(-c3ccccc3)cc2)c2ccc3c(c2)C(c2ccccc2)(c2ccccc2)c2cc(N(c4ccc(-c5ccccc5)cc4)c4ccc(C)nc4)c4ccccc4c2-3)cn1. The summed E-state index contributed by atoms with van der Waals surface area (Å²) in [5, 5.41) is 2.34. The van der Waals surface area contributed by atoms with Gasteiger partial charge in [0.25, 0.3) is 0 Å². The van der Waals surface area contributed by atoms with Gasteiger partial charge in [0.2, 0.25) is 0 Å². The molecule has 0 aliphatic heterocycles. The molecule has 1 aliphatic rings. The molecule has 2 aromatic heterocycles. The number of rotatable bonds is 10. The zero-order chi connectivity index (χ0) is 46.3. The molecule has 0 N–H and O–H groups in total. The van der Waals surface area contributed by atoms with Crippen LogP contribution in [0.25, 0.3) is 44.2 Å². The fourth-order valence-electron chi connectivity index (χ4n) is 10.6. The standard InChI is InChI=1S/C65H48N4/c1-45-27-33-56(43-66-45)68(53-35-29-49(30-36-53)47-17-7-3-8-18-47)55-39-40-60-61(41-55)65(51-21-11-5-12-22-51,52-23-13-6-14-24-52)62-42-63(58-25-15-16-26-59(58)64(60)62)69(57-34-28-46(2)67-44-57)54-37-31-50(32-38-54)48-19-9-4-10-20-48/h3-44H,1-2H3. The Labute approximate surface area is 404 Å². The molecule has 9 aromatic carbocycles. The predicted molar refractivity (Wildman–Crippen MR) is 287 cm³/mol. The van der Waals surface area contributed by atoms with Crippen LogP contribution in [0.1, 0.15) is 33.6 Å². The zero-order valence-corrected chi connectivity index (χ0v) is 38.5. The van der Waals surface area contributed by atoms with Crippen molar-refractivity contribution in [2.75, 3.05) is 9.80 Å². The van der Waals surface area contributed by atoms with Gasteiger partial charge in [-0.2, -0.15) is 0 Å². The average molecular weight is 885 g/mol. The van der Waals surface area contributed by atoms with Crippen molar-refractivity contribution in [2.24, 2.45) is 0 Å². The van der Waals surface area contributed by atoms with E-state index in [9.17, 15) is 0 Å². The Morgan fingerprint density at radius 2 is 0.754 bits per heavy atom. The lowest BCUT2D eigenvalue weighted by Gasteiger charge is -2.36. The van der Waals surface area contributed by atoms with Gasteiger partial charge in [-0.3, -0.25) is 9.97 Å². The molecule has 0 spiro atoms. The monoisotopic (exact) mass is 884 g/mol. The van der Waals surface area contributed by atoms with Crippen LogP contribution in [-0.4, -0.2) is 9.97 Å². The average Bonchev–Trinajstić information content (AvgIpc) is 3.71. The molecule has 0 fully saturated rings. The van der Waals surface area contributed by atoms with Crippen LogP contribution < -0.4 is 9.80 Å². The molecule has 0 amide bonds. The van der Waals surface area contributed by atoms with Gasteiger partial charge in [-0.05, 0) is 142 Å². The Morgan fingerprint density at radius 1 is 0.333 bits per heavy atom. The van der Waals surface area contributed by atoms with Gasteiger partial charge in [0, 0.05) is 33.8 Å². The smallest absolute Gasteiger partial charge is 0.0715 e. The molecule has 0 bridgehead atoms. The number of fused-ring (bicyclic) bond motifs is 5. The van der Waals surface area contributed by atoms with E-state index in [0.29, 0.717) is 0 Å². The minimum atomic E-state index is -0.718. The lowest BCUT2D eigenvalue weighted by Crippen LogP contribution is -2.29. The van der Waals surface area contributed by atoms with E-state index < -0.39 is 5.41 Å². The number of aromatic nitrogens is 2. The summed E-state index contributed by atoms with van der Waals surface area (Å²) < 4.78 is 0. The van der Waals surface area contributed by atoms with E-state index in [-0.39, 0.29) is 0 Å². The van der Waals surface area contributed by atoms with Crippen LogP contribution in [0.15, 0.2) is 255 Å². The molecule has 2 heterocycles. The topological polar surface area (TPSA) is 32.3 Å². The molecule has 69 heavy (non-hydrogen) atoms. The van der Waals surface area contributed by atoms with Crippen LogP contribution in [0.4, 0.5) is 34.1 Å². The first-order valence-corrected chi connectivity index (χ1v) is 23.6. The first-order valence-electron chi connectivity index (χ1n) is 23.6. The lowest BCUT2D eigenvalue weighted by molar-refractivity contribution is 0.769. The molecule has 328 valence electrons. The fourth-order valence-corrected chi connectivity index (χ4v) is 10.6. The molecule has 1 aliphatic carbocycles. The third kappa shape index (κ3) is 7.26. The third-order valence-electron chi connectivity index (χ3n) is 13.8. The van der Waals surface area contributed by atoms with E-state index in [2.05, 4.69) is 252 Å². The lowest BCUT2D eigenvalue weighted by atomic mass is 9.67. The van der Waals surface area contributed by atoms with E-state index in [1.54, 1.807) is 0 Å². The Hall–Kier alpha value is -8.86. The summed E-state index contributed by atoms with van der Waals surface area (Å²) >= 11 is 0. The van der Waals surface area contributed by atoms with Crippen LogP contribution in [-0.2, 0) is 5.41 Å². The van der Waals surface area contributed by atoms with E-state index in [4.69, 9.17) is 9.97 Å². The van der Waals surface area contributed by atoms with Crippen molar-refractivity contribution in [1.82, 2.24) is 9.97 Å². The van der Waals surface area contributed by atoms with E-state index >= 15 is 0 Å². The molecule has 4 nitrogen and oxygen atoms in total. The number of hydrogen-bond donors (Lipinski definition) is 0.